The molecule has 0 amide bonds. The Morgan fingerprint density at radius 2 is 2.08 bits per heavy atom. The second-order valence-electron chi connectivity index (χ2n) is 10.1. The Morgan fingerprint density at radius 3 is 2.72 bits per heavy atom. The molecule has 1 aromatic carbocycles. The first kappa shape index (κ1) is 26.2. The minimum atomic E-state index is -0.888. The molecular formula is C27H38N4O5. The molecule has 2 aliphatic rings. The number of pyridine rings is 1. The largest absolute Gasteiger partial charge is 0.462 e. The van der Waals surface area contributed by atoms with Crippen LogP contribution in [0.4, 0.5) is 11.4 Å². The Labute approximate surface area is 212 Å². The predicted octanol–water partition coefficient (Wildman–Crippen LogP) is 2.59. The third-order valence-corrected chi connectivity index (χ3v) is 6.71. The molecule has 0 radical (unpaired) electrons. The quantitative estimate of drug-likeness (QED) is 0.453. The summed E-state index contributed by atoms with van der Waals surface area (Å²) in [5.41, 5.74) is 4.73. The van der Waals surface area contributed by atoms with Crippen molar-refractivity contribution in [3.05, 3.63) is 57.5 Å². The maximum Gasteiger partial charge on any atom is 0.326 e. The number of nitrogens with zero attached hydrogens (tertiary/aromatic N) is 2. The summed E-state index contributed by atoms with van der Waals surface area (Å²) < 4.78 is 12.9. The van der Waals surface area contributed by atoms with Gasteiger partial charge in [0.05, 0.1) is 29.7 Å². The zero-order valence-corrected chi connectivity index (χ0v) is 21.8. The van der Waals surface area contributed by atoms with Gasteiger partial charge in [-0.05, 0) is 64.3 Å². The molecule has 2 aromatic rings. The zero-order valence-electron chi connectivity index (χ0n) is 21.8. The van der Waals surface area contributed by atoms with Crippen LogP contribution < -0.4 is 21.1 Å². The van der Waals surface area contributed by atoms with Gasteiger partial charge >= 0.3 is 5.97 Å². The van der Waals surface area contributed by atoms with Crippen LogP contribution in [0.3, 0.4) is 0 Å². The fourth-order valence-corrected chi connectivity index (χ4v) is 4.93. The molecule has 9 heteroatoms. The van der Waals surface area contributed by atoms with E-state index in [0.29, 0.717) is 12.1 Å². The smallest absolute Gasteiger partial charge is 0.326 e. The lowest BCUT2D eigenvalue weighted by Crippen LogP contribution is -2.46. The van der Waals surface area contributed by atoms with Gasteiger partial charge < -0.3 is 29.4 Å². The van der Waals surface area contributed by atoms with Crippen LogP contribution >= 0.6 is 0 Å². The van der Waals surface area contributed by atoms with Crippen LogP contribution in [0.25, 0.3) is 0 Å². The number of benzene rings is 1. The van der Waals surface area contributed by atoms with Gasteiger partial charge in [-0.1, -0.05) is 6.07 Å². The van der Waals surface area contributed by atoms with E-state index in [2.05, 4.69) is 21.6 Å². The van der Waals surface area contributed by atoms with Gasteiger partial charge in [-0.2, -0.15) is 0 Å². The van der Waals surface area contributed by atoms with Gasteiger partial charge in [-0.15, -0.1) is 0 Å². The number of esters is 1. The molecule has 3 heterocycles. The van der Waals surface area contributed by atoms with Crippen molar-refractivity contribution in [2.45, 2.75) is 77.6 Å². The second kappa shape index (κ2) is 11.0. The zero-order chi connectivity index (χ0) is 26.0. The van der Waals surface area contributed by atoms with Crippen molar-refractivity contribution in [2.24, 2.45) is 7.05 Å². The molecule has 1 saturated heterocycles. The van der Waals surface area contributed by atoms with E-state index in [1.165, 1.54) is 0 Å². The summed E-state index contributed by atoms with van der Waals surface area (Å²) in [6.45, 7) is 8.89. The molecule has 2 aliphatic heterocycles. The fraction of sp³-hybridized carbons (Fsp3) is 0.556. The summed E-state index contributed by atoms with van der Waals surface area (Å²) in [5.74, 6) is -0.465. The molecule has 4 rings (SSSR count). The Bertz CT molecular complexity index is 1110. The van der Waals surface area contributed by atoms with Gasteiger partial charge in [0.25, 0.3) is 5.56 Å². The lowest BCUT2D eigenvalue weighted by molar-refractivity contribution is -0.152. The average Bonchev–Trinajstić information content (AvgIpc) is 3.45. The first-order chi connectivity index (χ1) is 17.1. The highest BCUT2D eigenvalue weighted by atomic mass is 16.5. The molecule has 9 nitrogen and oxygen atoms in total. The van der Waals surface area contributed by atoms with Gasteiger partial charge in [0, 0.05) is 44.1 Å². The van der Waals surface area contributed by atoms with Crippen molar-refractivity contribution < 1.29 is 19.4 Å². The van der Waals surface area contributed by atoms with E-state index in [0.717, 1.165) is 48.5 Å². The number of anilines is 2. The number of hydrogen-bond acceptors (Lipinski definition) is 8. The molecule has 0 spiro atoms. The number of carbonyl (C=O) groups excluding carboxylic acids is 1. The summed E-state index contributed by atoms with van der Waals surface area (Å²) in [6.07, 6.45) is 2.82. The minimum absolute atomic E-state index is 0.00282. The van der Waals surface area contributed by atoms with Crippen LogP contribution in [0.15, 0.2) is 35.3 Å². The first-order valence-corrected chi connectivity index (χ1v) is 12.7. The SMILES string of the molecule is Cc1cc(C2Nc3ccc(CN[C@H](C(=O)OC(C)C)[C@@H](C)O)cc3N2CC2CCCO2)cn(C)c1=O. The molecule has 2 unspecified atom stereocenters. The molecule has 36 heavy (non-hydrogen) atoms. The molecule has 0 saturated carbocycles. The molecule has 196 valence electrons. The van der Waals surface area contributed by atoms with E-state index in [1.807, 2.05) is 31.3 Å². The van der Waals surface area contributed by atoms with Gasteiger partial charge in [-0.25, -0.2) is 0 Å². The molecule has 3 N–H and O–H groups in total. The Kier molecular flexibility index (Phi) is 8.02. The molecule has 1 fully saturated rings. The van der Waals surface area contributed by atoms with E-state index in [-0.39, 0.29) is 23.9 Å². The number of aromatic nitrogens is 1. The minimum Gasteiger partial charge on any atom is -0.462 e. The number of hydrogen-bond donors (Lipinski definition) is 3. The van der Waals surface area contributed by atoms with Crippen molar-refractivity contribution in [3.63, 3.8) is 0 Å². The first-order valence-electron chi connectivity index (χ1n) is 12.7. The predicted molar refractivity (Wildman–Crippen MR) is 139 cm³/mol. The number of aryl methyl sites for hydroxylation is 2. The van der Waals surface area contributed by atoms with Crippen molar-refractivity contribution in [2.75, 3.05) is 23.4 Å². The normalized spacial score (nSPS) is 20.8. The second-order valence-corrected chi connectivity index (χ2v) is 10.1. The van der Waals surface area contributed by atoms with Crippen molar-refractivity contribution in [1.82, 2.24) is 9.88 Å². The van der Waals surface area contributed by atoms with Gasteiger partial charge in [0.1, 0.15) is 12.2 Å². The highest BCUT2D eigenvalue weighted by Crippen LogP contribution is 2.42. The lowest BCUT2D eigenvalue weighted by atomic mass is 10.1. The monoisotopic (exact) mass is 498 g/mol. The Hall–Kier alpha value is -2.88. The maximum absolute atomic E-state index is 12.4. The number of rotatable bonds is 9. The van der Waals surface area contributed by atoms with Crippen LogP contribution in [-0.4, -0.2) is 53.1 Å². The summed E-state index contributed by atoms with van der Waals surface area (Å²) in [5, 5.41) is 16.9. The van der Waals surface area contributed by atoms with Crippen molar-refractivity contribution in [1.29, 1.82) is 0 Å². The number of ether oxygens (including phenoxy) is 2. The summed E-state index contributed by atoms with van der Waals surface area (Å²) >= 11 is 0. The number of aliphatic hydroxyl groups excluding tert-OH is 1. The lowest BCUT2D eigenvalue weighted by Gasteiger charge is -2.30. The molecule has 1 aromatic heterocycles. The van der Waals surface area contributed by atoms with E-state index in [9.17, 15) is 14.7 Å². The van der Waals surface area contributed by atoms with Gasteiger partial charge in [0.15, 0.2) is 0 Å². The number of fused-ring (bicyclic) bond motifs is 1. The van der Waals surface area contributed by atoms with Crippen molar-refractivity contribution >= 4 is 17.3 Å². The number of aliphatic hydroxyl groups is 1. The van der Waals surface area contributed by atoms with Gasteiger partial charge in [0.2, 0.25) is 0 Å². The van der Waals surface area contributed by atoms with Crippen LogP contribution in [-0.2, 0) is 27.9 Å². The summed E-state index contributed by atoms with van der Waals surface area (Å²) in [4.78, 5) is 27.0. The highest BCUT2D eigenvalue weighted by molar-refractivity contribution is 5.78. The van der Waals surface area contributed by atoms with Crippen LogP contribution in [0.5, 0.6) is 0 Å². The third kappa shape index (κ3) is 5.74. The topological polar surface area (TPSA) is 105 Å². The van der Waals surface area contributed by atoms with Gasteiger partial charge in [-0.3, -0.25) is 14.9 Å². The molecular weight excluding hydrogens is 460 g/mol. The standard InChI is InChI=1S/C27H38N4O5/c1-16(2)36-27(34)24(18(4)32)28-13-19-8-9-22-23(12-19)31(15-21-7-6-10-35-21)25(29-22)20-11-17(3)26(33)30(5)14-20/h8-9,11-12,14,16,18,21,24-25,28-29,32H,6-7,10,13,15H2,1-5H3/t18-,21?,24+,25?/m1/s1. The number of carbonyl (C=O) groups is 1. The average molecular weight is 499 g/mol. The Balaban J connectivity index is 1.59. The van der Waals surface area contributed by atoms with E-state index >= 15 is 0 Å². The highest BCUT2D eigenvalue weighted by Gasteiger charge is 2.34. The van der Waals surface area contributed by atoms with Crippen molar-refractivity contribution in [3.8, 4) is 0 Å². The van der Waals surface area contributed by atoms with E-state index in [4.69, 9.17) is 9.47 Å². The Morgan fingerprint density at radius 1 is 1.31 bits per heavy atom. The van der Waals surface area contributed by atoms with Crippen LogP contribution in [0.1, 0.15) is 56.5 Å². The summed E-state index contributed by atoms with van der Waals surface area (Å²) in [6, 6.07) is 7.27. The molecule has 4 atom stereocenters. The molecule has 0 bridgehead atoms. The molecule has 0 aliphatic carbocycles. The van der Waals surface area contributed by atoms with E-state index < -0.39 is 18.1 Å². The summed E-state index contributed by atoms with van der Waals surface area (Å²) in [7, 11) is 1.78. The fourth-order valence-electron chi connectivity index (χ4n) is 4.93. The maximum atomic E-state index is 12.4. The number of nitrogens with one attached hydrogen (secondary N) is 2. The van der Waals surface area contributed by atoms with Crippen LogP contribution in [0, 0.1) is 6.92 Å². The third-order valence-electron chi connectivity index (χ3n) is 6.71. The van der Waals surface area contributed by atoms with Crippen LogP contribution in [0.2, 0.25) is 0 Å². The van der Waals surface area contributed by atoms with E-state index in [1.54, 1.807) is 32.4 Å².